The van der Waals surface area contributed by atoms with Gasteiger partial charge in [-0.3, -0.25) is 0 Å². The van der Waals surface area contributed by atoms with Crippen LogP contribution in [-0.4, -0.2) is 14.3 Å². The molecule has 0 saturated carbocycles. The topological polar surface area (TPSA) is 93.2 Å². The van der Waals surface area contributed by atoms with Gasteiger partial charge in [0.05, 0.1) is 22.4 Å². The number of ether oxygens (including phenoxy) is 1. The number of alkyl halides is 3. The first-order valence-electron chi connectivity index (χ1n) is 7.56. The number of nitriles is 1. The molecule has 0 saturated heterocycles. The van der Waals surface area contributed by atoms with Crippen LogP contribution in [-0.2, 0) is 10.0 Å². The first-order chi connectivity index (χ1) is 12.5. The van der Waals surface area contributed by atoms with Gasteiger partial charge in [0.1, 0.15) is 17.3 Å². The van der Waals surface area contributed by atoms with Gasteiger partial charge in [-0.1, -0.05) is 6.92 Å². The Hall–Kier alpha value is -2.64. The van der Waals surface area contributed by atoms with Gasteiger partial charge in [0, 0.05) is 11.6 Å². The zero-order valence-electron chi connectivity index (χ0n) is 13.7. The highest BCUT2D eigenvalue weighted by Gasteiger charge is 2.57. The summed E-state index contributed by atoms with van der Waals surface area (Å²) in [6.45, 7) is 0.979. The molecule has 0 fully saturated rings. The molecule has 0 bridgehead atoms. The molecule has 2 aromatic carbocycles. The third kappa shape index (κ3) is 3.13. The smallest absolute Gasteiger partial charge is 0.289 e. The molecule has 10 heteroatoms. The summed E-state index contributed by atoms with van der Waals surface area (Å²) in [6.07, 6.45) is -2.84. The number of hydrogen-bond acceptors (Lipinski definition) is 4. The molecule has 0 amide bonds. The summed E-state index contributed by atoms with van der Waals surface area (Å²) in [5.74, 6) is -7.13. The lowest BCUT2D eigenvalue weighted by molar-refractivity contribution is -0.0785. The van der Waals surface area contributed by atoms with E-state index < -0.39 is 55.6 Å². The zero-order valence-corrected chi connectivity index (χ0v) is 14.5. The molecular formula is C17H12F4N2O3S. The molecular weight excluding hydrogens is 388 g/mol. The largest absolute Gasteiger partial charge is 0.457 e. The Morgan fingerprint density at radius 3 is 2.48 bits per heavy atom. The van der Waals surface area contributed by atoms with E-state index in [2.05, 4.69) is 0 Å². The Kier molecular flexibility index (Phi) is 4.40. The van der Waals surface area contributed by atoms with Crippen LogP contribution >= 0.6 is 0 Å². The highest BCUT2D eigenvalue weighted by Crippen LogP contribution is 2.58. The molecule has 142 valence electrons. The summed E-state index contributed by atoms with van der Waals surface area (Å²) in [4.78, 5) is -0.630. The van der Waals surface area contributed by atoms with Gasteiger partial charge in [-0.05, 0) is 29.8 Å². The van der Waals surface area contributed by atoms with Gasteiger partial charge < -0.3 is 4.74 Å². The summed E-state index contributed by atoms with van der Waals surface area (Å²) >= 11 is 0. The quantitative estimate of drug-likeness (QED) is 0.791. The number of primary sulfonamides is 1. The second-order valence-electron chi connectivity index (χ2n) is 6.08. The van der Waals surface area contributed by atoms with Crippen LogP contribution in [0.2, 0.25) is 0 Å². The van der Waals surface area contributed by atoms with Crippen molar-refractivity contribution in [2.24, 2.45) is 5.14 Å². The standard InChI is InChI=1S/C17H12F4N2O3S/c1-8-14-13(27(23,24)25)3-2-12(15(14)16(19)17(8,20)21)26-11-5-9(7-22)4-10(18)6-11/h2-6,8,16H,1H3,(H2,23,24,25). The molecule has 2 unspecified atom stereocenters. The highest BCUT2D eigenvalue weighted by molar-refractivity contribution is 7.89. The van der Waals surface area contributed by atoms with Crippen molar-refractivity contribution in [2.75, 3.05) is 0 Å². The number of nitrogens with two attached hydrogens (primary N) is 1. The number of sulfonamides is 1. The van der Waals surface area contributed by atoms with E-state index in [9.17, 15) is 26.0 Å². The van der Waals surface area contributed by atoms with Crippen LogP contribution in [0.3, 0.4) is 0 Å². The fourth-order valence-corrected chi connectivity index (χ4v) is 3.91. The van der Waals surface area contributed by atoms with Gasteiger partial charge in [-0.2, -0.15) is 5.26 Å². The van der Waals surface area contributed by atoms with E-state index in [4.69, 9.17) is 15.1 Å². The van der Waals surface area contributed by atoms with Crippen molar-refractivity contribution in [3.63, 3.8) is 0 Å². The van der Waals surface area contributed by atoms with Gasteiger partial charge in [0.15, 0.2) is 6.17 Å². The fourth-order valence-electron chi connectivity index (χ4n) is 3.06. The molecule has 1 aliphatic rings. The van der Waals surface area contributed by atoms with Gasteiger partial charge in [0.25, 0.3) is 5.92 Å². The molecule has 0 aliphatic heterocycles. The molecule has 0 heterocycles. The molecule has 2 N–H and O–H groups in total. The van der Waals surface area contributed by atoms with E-state index in [1.807, 2.05) is 0 Å². The van der Waals surface area contributed by atoms with Gasteiger partial charge in [-0.25, -0.2) is 31.1 Å². The predicted molar refractivity (Wildman–Crippen MR) is 86.2 cm³/mol. The molecule has 1 aliphatic carbocycles. The number of hydrogen-bond donors (Lipinski definition) is 1. The lowest BCUT2D eigenvalue weighted by Crippen LogP contribution is -2.23. The summed E-state index contributed by atoms with van der Waals surface area (Å²) < 4.78 is 85.3. The molecule has 0 aromatic heterocycles. The first-order valence-corrected chi connectivity index (χ1v) is 9.11. The van der Waals surface area contributed by atoms with E-state index in [1.165, 1.54) is 0 Å². The molecule has 2 aromatic rings. The minimum Gasteiger partial charge on any atom is -0.457 e. The maximum Gasteiger partial charge on any atom is 0.289 e. The Morgan fingerprint density at radius 2 is 1.89 bits per heavy atom. The molecule has 3 rings (SSSR count). The van der Waals surface area contributed by atoms with Crippen molar-refractivity contribution in [1.82, 2.24) is 0 Å². The predicted octanol–water partition coefficient (Wildman–Crippen LogP) is 3.90. The number of benzene rings is 2. The molecule has 5 nitrogen and oxygen atoms in total. The highest BCUT2D eigenvalue weighted by atomic mass is 32.2. The van der Waals surface area contributed by atoms with Gasteiger partial charge >= 0.3 is 0 Å². The summed E-state index contributed by atoms with van der Waals surface area (Å²) in [5.41, 5.74) is -1.25. The summed E-state index contributed by atoms with van der Waals surface area (Å²) in [5, 5.41) is 13.9. The number of rotatable bonds is 3. The maximum atomic E-state index is 14.5. The van der Waals surface area contributed by atoms with Crippen LogP contribution in [0.4, 0.5) is 17.6 Å². The number of fused-ring (bicyclic) bond motifs is 1. The van der Waals surface area contributed by atoms with Crippen LogP contribution < -0.4 is 9.88 Å². The van der Waals surface area contributed by atoms with Crippen molar-refractivity contribution in [3.8, 4) is 17.6 Å². The van der Waals surface area contributed by atoms with Crippen molar-refractivity contribution < 1.29 is 30.7 Å². The van der Waals surface area contributed by atoms with Crippen molar-refractivity contribution >= 4 is 10.0 Å². The van der Waals surface area contributed by atoms with E-state index in [1.54, 1.807) is 6.07 Å². The molecule has 2 atom stereocenters. The van der Waals surface area contributed by atoms with Crippen LogP contribution in [0.5, 0.6) is 11.5 Å². The first kappa shape index (κ1) is 19.1. The lowest BCUT2D eigenvalue weighted by atomic mass is 10.0. The third-order valence-corrected chi connectivity index (χ3v) is 5.31. The Balaban J connectivity index is 2.21. The van der Waals surface area contributed by atoms with E-state index in [-0.39, 0.29) is 11.3 Å². The third-order valence-electron chi connectivity index (χ3n) is 4.34. The Bertz CT molecular complexity index is 1080. The average molecular weight is 400 g/mol. The lowest BCUT2D eigenvalue weighted by Gasteiger charge is -2.17. The van der Waals surface area contributed by atoms with E-state index >= 15 is 0 Å². The number of nitrogens with zero attached hydrogens (tertiary/aromatic N) is 1. The van der Waals surface area contributed by atoms with Gasteiger partial charge in [-0.15, -0.1) is 0 Å². The molecule has 27 heavy (non-hydrogen) atoms. The average Bonchev–Trinajstić information content (AvgIpc) is 2.75. The SMILES string of the molecule is CC1c2c(S(N)(=O)=O)ccc(Oc3cc(F)cc(C#N)c3)c2C(F)C1(F)F. The molecule has 0 radical (unpaired) electrons. The normalized spacial score (nSPS) is 20.8. The second kappa shape index (κ2) is 6.21. The Morgan fingerprint density at radius 1 is 1.22 bits per heavy atom. The van der Waals surface area contributed by atoms with Crippen LogP contribution in [0, 0.1) is 17.1 Å². The minimum absolute atomic E-state index is 0.0988. The minimum atomic E-state index is -4.40. The van der Waals surface area contributed by atoms with Crippen LogP contribution in [0.1, 0.15) is 35.7 Å². The monoisotopic (exact) mass is 400 g/mol. The van der Waals surface area contributed by atoms with Crippen LogP contribution in [0.15, 0.2) is 35.2 Å². The Labute approximate surface area is 152 Å². The number of halogens is 4. The van der Waals surface area contributed by atoms with Crippen molar-refractivity contribution in [1.29, 1.82) is 5.26 Å². The van der Waals surface area contributed by atoms with Gasteiger partial charge in [0.2, 0.25) is 10.0 Å². The van der Waals surface area contributed by atoms with Crippen molar-refractivity contribution in [3.05, 3.63) is 52.8 Å². The maximum absolute atomic E-state index is 14.5. The van der Waals surface area contributed by atoms with Crippen LogP contribution in [0.25, 0.3) is 0 Å². The zero-order chi connectivity index (χ0) is 20.1. The van der Waals surface area contributed by atoms with E-state index in [0.717, 1.165) is 37.3 Å². The fraction of sp³-hybridized carbons (Fsp3) is 0.235. The van der Waals surface area contributed by atoms with Crippen molar-refractivity contribution in [2.45, 2.75) is 29.8 Å². The second-order valence-corrected chi connectivity index (χ2v) is 7.61. The summed E-state index contributed by atoms with van der Waals surface area (Å²) in [6, 6.07) is 6.53. The molecule has 0 spiro atoms. The van der Waals surface area contributed by atoms with E-state index in [0.29, 0.717) is 0 Å². The summed E-state index contributed by atoms with van der Waals surface area (Å²) in [7, 11) is -4.40.